The van der Waals surface area contributed by atoms with Crippen LogP contribution >= 0.6 is 0 Å². The largest absolute Gasteiger partial charge is 0.265 e. The summed E-state index contributed by atoms with van der Waals surface area (Å²) >= 11 is 0. The minimum atomic E-state index is -2.64. The Hall–Kier alpha value is -0.650. The maximum Gasteiger partial charge on any atom is 0.265 e. The van der Waals surface area contributed by atoms with Crippen molar-refractivity contribution in [1.82, 2.24) is 0 Å². The molecule has 38 valence electrons. The zero-order valence-corrected chi connectivity index (χ0v) is 3.49. The first-order valence-corrected chi connectivity index (χ1v) is 1.94. The van der Waals surface area contributed by atoms with Crippen molar-refractivity contribution >= 4 is 0 Å². The second-order valence-electron chi connectivity index (χ2n) is 1.65. The van der Waals surface area contributed by atoms with Gasteiger partial charge in [0.05, 0.1) is 6.07 Å². The molecule has 1 saturated carbocycles. The Morgan fingerprint density at radius 3 is 2.14 bits per heavy atom. The predicted molar refractivity (Wildman–Crippen MR) is 18.7 cm³/mol. The summed E-state index contributed by atoms with van der Waals surface area (Å²) in [5, 5.41) is 7.81. The van der Waals surface area contributed by atoms with Gasteiger partial charge in [0.15, 0.2) is 0 Å². The Balaban J connectivity index is 2.49. The Morgan fingerprint density at radius 1 is 1.71 bits per heavy atom. The summed E-state index contributed by atoms with van der Waals surface area (Å²) in [7, 11) is 0. The molecule has 1 rings (SSSR count). The van der Waals surface area contributed by atoms with Gasteiger partial charge in [0.1, 0.15) is 5.92 Å². The van der Waals surface area contributed by atoms with E-state index in [0.717, 1.165) is 0 Å². The molecule has 1 aliphatic carbocycles. The fraction of sp³-hybridized carbons (Fsp3) is 0.750. The van der Waals surface area contributed by atoms with Crippen LogP contribution in [0.5, 0.6) is 0 Å². The Bertz CT molecular complexity index is 124. The van der Waals surface area contributed by atoms with Crippen molar-refractivity contribution in [3.8, 4) is 6.07 Å². The molecule has 1 fully saturated rings. The maximum absolute atomic E-state index is 11.6. The lowest BCUT2D eigenvalue weighted by molar-refractivity contribution is 0.108. The molecule has 0 radical (unpaired) electrons. The molecule has 7 heavy (non-hydrogen) atoms. The fourth-order valence-electron chi connectivity index (χ4n) is 0.353. The molecule has 3 heteroatoms. The number of rotatable bonds is 0. The van der Waals surface area contributed by atoms with Crippen LogP contribution < -0.4 is 0 Å². The highest BCUT2D eigenvalue weighted by atomic mass is 19.3. The molecule has 0 N–H and O–H groups in total. The minimum Gasteiger partial charge on any atom is -0.205 e. The van der Waals surface area contributed by atoms with E-state index in [9.17, 15) is 8.78 Å². The van der Waals surface area contributed by atoms with Crippen molar-refractivity contribution in [2.24, 2.45) is 5.92 Å². The van der Waals surface area contributed by atoms with Gasteiger partial charge in [-0.15, -0.1) is 0 Å². The summed E-state index contributed by atoms with van der Waals surface area (Å²) in [4.78, 5) is 0. The summed E-state index contributed by atoms with van der Waals surface area (Å²) in [6, 6.07) is 1.48. The fourth-order valence-corrected chi connectivity index (χ4v) is 0.353. The monoisotopic (exact) mass is 103 g/mol. The molecule has 0 amide bonds. The van der Waals surface area contributed by atoms with Crippen molar-refractivity contribution in [3.63, 3.8) is 0 Å². The zero-order valence-electron chi connectivity index (χ0n) is 3.49. The van der Waals surface area contributed by atoms with Crippen LogP contribution in [-0.2, 0) is 0 Å². The highest BCUT2D eigenvalue weighted by molar-refractivity contribution is 5.08. The average molecular weight is 103 g/mol. The third-order valence-electron chi connectivity index (χ3n) is 0.982. The first-order chi connectivity index (χ1) is 3.17. The standard InChI is InChI=1S/C4H3F2N/c5-4(6)1-3(4)2-7/h3H,1H2/t3-/m1/s1. The molecule has 0 unspecified atom stereocenters. The summed E-state index contributed by atoms with van der Waals surface area (Å²) in [6.07, 6.45) is -0.233. The summed E-state index contributed by atoms with van der Waals surface area (Å²) in [5.74, 6) is -3.62. The first kappa shape index (κ1) is 4.51. The molecule has 0 aliphatic heterocycles. The van der Waals surface area contributed by atoms with E-state index in [1.807, 2.05) is 0 Å². The second kappa shape index (κ2) is 0.945. The average Bonchev–Trinajstić information content (AvgIpc) is 2.13. The molecule has 0 saturated heterocycles. The minimum absolute atomic E-state index is 0.233. The highest BCUT2D eigenvalue weighted by Crippen LogP contribution is 2.47. The number of hydrogen-bond donors (Lipinski definition) is 0. The molecule has 0 bridgehead atoms. The van der Waals surface area contributed by atoms with E-state index in [1.54, 1.807) is 0 Å². The Morgan fingerprint density at radius 2 is 2.14 bits per heavy atom. The van der Waals surface area contributed by atoms with E-state index in [-0.39, 0.29) is 6.42 Å². The van der Waals surface area contributed by atoms with Gasteiger partial charge in [-0.3, -0.25) is 0 Å². The first-order valence-electron chi connectivity index (χ1n) is 1.94. The van der Waals surface area contributed by atoms with Crippen molar-refractivity contribution in [2.45, 2.75) is 12.3 Å². The summed E-state index contributed by atoms with van der Waals surface area (Å²) in [6.45, 7) is 0. The molecule has 1 atom stereocenters. The summed E-state index contributed by atoms with van der Waals surface area (Å²) in [5.41, 5.74) is 0. The SMILES string of the molecule is N#C[C@H]1CC1(F)F. The van der Waals surface area contributed by atoms with Crippen LogP contribution in [0, 0.1) is 17.2 Å². The van der Waals surface area contributed by atoms with Crippen LogP contribution in [0.2, 0.25) is 0 Å². The molecule has 1 nitrogen and oxygen atoms in total. The van der Waals surface area contributed by atoms with E-state index < -0.39 is 11.8 Å². The van der Waals surface area contributed by atoms with Crippen molar-refractivity contribution in [3.05, 3.63) is 0 Å². The third kappa shape index (κ3) is 0.560. The van der Waals surface area contributed by atoms with Gasteiger partial charge in [-0.2, -0.15) is 5.26 Å². The number of nitriles is 1. The van der Waals surface area contributed by atoms with E-state index in [2.05, 4.69) is 0 Å². The van der Waals surface area contributed by atoms with Crippen LogP contribution in [0.25, 0.3) is 0 Å². The Labute approximate surface area is 39.6 Å². The van der Waals surface area contributed by atoms with Crippen molar-refractivity contribution in [1.29, 1.82) is 5.26 Å². The molecule has 0 aromatic heterocycles. The van der Waals surface area contributed by atoms with Gasteiger partial charge in [0, 0.05) is 6.42 Å². The third-order valence-corrected chi connectivity index (χ3v) is 0.982. The van der Waals surface area contributed by atoms with Gasteiger partial charge in [-0.25, -0.2) is 8.78 Å². The van der Waals surface area contributed by atoms with Crippen LogP contribution in [0.15, 0.2) is 0 Å². The molecule has 0 spiro atoms. The van der Waals surface area contributed by atoms with Crippen LogP contribution in [0.1, 0.15) is 6.42 Å². The van der Waals surface area contributed by atoms with Crippen LogP contribution in [-0.4, -0.2) is 5.92 Å². The molecule has 0 aromatic rings. The number of nitrogens with zero attached hydrogens (tertiary/aromatic N) is 1. The van der Waals surface area contributed by atoms with Crippen LogP contribution in [0.3, 0.4) is 0 Å². The van der Waals surface area contributed by atoms with E-state index in [1.165, 1.54) is 6.07 Å². The van der Waals surface area contributed by atoms with Gasteiger partial charge in [-0.1, -0.05) is 0 Å². The van der Waals surface area contributed by atoms with Gasteiger partial charge in [-0.05, 0) is 0 Å². The quantitative estimate of drug-likeness (QED) is 0.451. The lowest BCUT2D eigenvalue weighted by Gasteiger charge is -1.80. The highest BCUT2D eigenvalue weighted by Gasteiger charge is 2.57. The molecule has 1 aliphatic rings. The molecule has 0 heterocycles. The lowest BCUT2D eigenvalue weighted by atomic mass is 10.5. The van der Waals surface area contributed by atoms with Gasteiger partial charge >= 0.3 is 0 Å². The second-order valence-corrected chi connectivity index (χ2v) is 1.65. The summed E-state index contributed by atoms with van der Waals surface area (Å²) < 4.78 is 23.1. The lowest BCUT2D eigenvalue weighted by Crippen LogP contribution is -1.88. The number of halogens is 2. The van der Waals surface area contributed by atoms with Gasteiger partial charge in [0.25, 0.3) is 5.92 Å². The Kier molecular flexibility index (Phi) is 0.609. The molecular weight excluding hydrogens is 100 g/mol. The normalized spacial score (nSPS) is 34.1. The van der Waals surface area contributed by atoms with E-state index in [0.29, 0.717) is 0 Å². The molecule has 0 aromatic carbocycles. The number of hydrogen-bond acceptors (Lipinski definition) is 1. The number of alkyl halides is 2. The zero-order chi connectivity index (χ0) is 5.49. The van der Waals surface area contributed by atoms with Gasteiger partial charge in [0.2, 0.25) is 0 Å². The van der Waals surface area contributed by atoms with Crippen molar-refractivity contribution < 1.29 is 8.78 Å². The predicted octanol–water partition coefficient (Wildman–Crippen LogP) is 1.17. The van der Waals surface area contributed by atoms with E-state index >= 15 is 0 Å². The van der Waals surface area contributed by atoms with Crippen LogP contribution in [0.4, 0.5) is 8.78 Å². The van der Waals surface area contributed by atoms with E-state index in [4.69, 9.17) is 5.26 Å². The maximum atomic E-state index is 11.6. The molecular formula is C4H3F2N. The van der Waals surface area contributed by atoms with Crippen molar-refractivity contribution in [2.75, 3.05) is 0 Å². The van der Waals surface area contributed by atoms with Gasteiger partial charge < -0.3 is 0 Å². The topological polar surface area (TPSA) is 23.8 Å². The smallest absolute Gasteiger partial charge is 0.205 e.